The molecule has 1 aliphatic heterocycles. The van der Waals surface area contributed by atoms with E-state index in [-0.39, 0.29) is 16.6 Å². The van der Waals surface area contributed by atoms with Crippen LogP contribution in [0.5, 0.6) is 5.75 Å². The van der Waals surface area contributed by atoms with E-state index < -0.39 is 10.0 Å². The van der Waals surface area contributed by atoms with Crippen LogP contribution in [0.4, 0.5) is 0 Å². The van der Waals surface area contributed by atoms with Gasteiger partial charge in [-0.3, -0.25) is 4.90 Å². The highest BCUT2D eigenvalue weighted by Gasteiger charge is 2.31. The van der Waals surface area contributed by atoms with Crippen LogP contribution >= 0.6 is 11.6 Å². The first kappa shape index (κ1) is 26.1. The number of piperazine rings is 1. The molecule has 3 aromatic rings. The number of hydrogen-bond donors (Lipinski definition) is 0. The first-order chi connectivity index (χ1) is 17.4. The lowest BCUT2D eigenvalue weighted by atomic mass is 10.1. The molecule has 0 N–H and O–H groups in total. The second-order valence-corrected chi connectivity index (χ2v) is 10.9. The number of nitriles is 1. The molecule has 188 valence electrons. The van der Waals surface area contributed by atoms with Crippen LogP contribution in [-0.2, 0) is 21.4 Å². The van der Waals surface area contributed by atoms with Gasteiger partial charge in [0.25, 0.3) is 0 Å². The molecule has 0 spiro atoms. The number of rotatable bonds is 9. The molecule has 36 heavy (non-hydrogen) atoms. The van der Waals surface area contributed by atoms with Gasteiger partial charge in [0.15, 0.2) is 0 Å². The molecule has 1 aliphatic rings. The van der Waals surface area contributed by atoms with E-state index >= 15 is 0 Å². The van der Waals surface area contributed by atoms with Gasteiger partial charge in [0.2, 0.25) is 10.0 Å². The lowest BCUT2D eigenvalue weighted by molar-refractivity contribution is 0.00767. The molecule has 1 atom stereocenters. The van der Waals surface area contributed by atoms with Gasteiger partial charge in [-0.2, -0.15) is 9.57 Å². The molecular weight excluding hydrogens is 498 g/mol. The average molecular weight is 526 g/mol. The predicted molar refractivity (Wildman–Crippen MR) is 138 cm³/mol. The van der Waals surface area contributed by atoms with Crippen LogP contribution in [0.25, 0.3) is 0 Å². The van der Waals surface area contributed by atoms with Crippen LogP contribution in [-0.4, -0.2) is 57.5 Å². The summed E-state index contributed by atoms with van der Waals surface area (Å²) in [6, 6.07) is 23.7. The average Bonchev–Trinajstić information content (AvgIpc) is 2.92. The Labute approximate surface area is 217 Å². The molecule has 3 aromatic carbocycles. The van der Waals surface area contributed by atoms with Gasteiger partial charge in [-0.25, -0.2) is 8.42 Å². The Balaban J connectivity index is 1.44. The number of nitrogens with zero attached hydrogens (tertiary/aromatic N) is 3. The molecule has 0 radical (unpaired) electrons. The van der Waals surface area contributed by atoms with E-state index in [9.17, 15) is 13.7 Å². The molecule has 4 rings (SSSR count). The van der Waals surface area contributed by atoms with Crippen molar-refractivity contribution >= 4 is 21.6 Å². The van der Waals surface area contributed by atoms with Crippen molar-refractivity contribution in [2.24, 2.45) is 0 Å². The normalized spacial score (nSPS) is 15.8. The summed E-state index contributed by atoms with van der Waals surface area (Å²) in [6.45, 7) is 2.80. The number of hydrogen-bond acceptors (Lipinski definition) is 6. The van der Waals surface area contributed by atoms with E-state index in [2.05, 4.69) is 4.90 Å². The quantitative estimate of drug-likeness (QED) is 0.409. The third-order valence-electron chi connectivity index (χ3n) is 6.21. The number of sulfonamides is 1. The molecule has 9 heteroatoms. The summed E-state index contributed by atoms with van der Waals surface area (Å²) in [5.74, 6) is 0.773. The predicted octanol–water partition coefficient (Wildman–Crippen LogP) is 4.48. The highest BCUT2D eigenvalue weighted by molar-refractivity contribution is 7.89. The highest BCUT2D eigenvalue weighted by Crippen LogP contribution is 2.26. The molecule has 0 bridgehead atoms. The second-order valence-electron chi connectivity index (χ2n) is 8.52. The van der Waals surface area contributed by atoms with Crippen molar-refractivity contribution in [3.05, 3.63) is 94.5 Å². The van der Waals surface area contributed by atoms with Crippen molar-refractivity contribution in [1.29, 1.82) is 5.26 Å². The monoisotopic (exact) mass is 525 g/mol. The van der Waals surface area contributed by atoms with E-state index in [1.807, 2.05) is 54.6 Å². The van der Waals surface area contributed by atoms with Crippen LogP contribution in [0, 0.1) is 11.3 Å². The van der Waals surface area contributed by atoms with E-state index in [0.29, 0.717) is 44.4 Å². The molecule has 1 fully saturated rings. The summed E-state index contributed by atoms with van der Waals surface area (Å²) in [5, 5.41) is 9.99. The summed E-state index contributed by atoms with van der Waals surface area (Å²) in [5.41, 5.74) is 2.16. The van der Waals surface area contributed by atoms with Crippen LogP contribution in [0.15, 0.2) is 77.7 Å². The van der Waals surface area contributed by atoms with Gasteiger partial charge in [-0.05, 0) is 47.5 Å². The fraction of sp³-hybridized carbons (Fsp3) is 0.296. The van der Waals surface area contributed by atoms with Crippen LogP contribution < -0.4 is 4.74 Å². The minimum atomic E-state index is -3.74. The minimum Gasteiger partial charge on any atom is -0.497 e. The lowest BCUT2D eigenvalue weighted by Crippen LogP contribution is -2.49. The van der Waals surface area contributed by atoms with Crippen molar-refractivity contribution in [3.8, 4) is 11.8 Å². The maximum Gasteiger partial charge on any atom is 0.244 e. The molecule has 7 nitrogen and oxygen atoms in total. The van der Waals surface area contributed by atoms with Gasteiger partial charge in [-0.1, -0.05) is 48.0 Å². The van der Waals surface area contributed by atoms with E-state index in [0.717, 1.165) is 16.9 Å². The standard InChI is InChI=1S/C27H28ClN3O4S/c1-34-25-7-4-5-21(17-25)20-35-26(22-9-11-24(28)12-10-22)19-30-13-15-31(16-14-30)36(32,33)27-8-3-2-6-23(27)18-29/h2-12,17,26H,13-16,19-20H2,1H3. The maximum atomic E-state index is 13.2. The molecule has 0 saturated carbocycles. The van der Waals surface area contributed by atoms with Gasteiger partial charge >= 0.3 is 0 Å². The SMILES string of the molecule is COc1cccc(COC(CN2CCN(S(=O)(=O)c3ccccc3C#N)CC2)c2ccc(Cl)cc2)c1. The minimum absolute atomic E-state index is 0.0570. The third-order valence-corrected chi connectivity index (χ3v) is 8.42. The molecule has 1 unspecified atom stereocenters. The first-order valence-corrected chi connectivity index (χ1v) is 13.4. The third kappa shape index (κ3) is 6.25. The van der Waals surface area contributed by atoms with Crippen molar-refractivity contribution in [2.75, 3.05) is 39.8 Å². The summed E-state index contributed by atoms with van der Waals surface area (Å²) in [7, 11) is -2.11. The molecular formula is C27H28ClN3O4S. The number of ether oxygens (including phenoxy) is 2. The Morgan fingerprint density at radius 3 is 2.42 bits per heavy atom. The zero-order valence-electron chi connectivity index (χ0n) is 20.0. The lowest BCUT2D eigenvalue weighted by Gasteiger charge is -2.36. The largest absolute Gasteiger partial charge is 0.497 e. The summed E-state index contributed by atoms with van der Waals surface area (Å²) in [4.78, 5) is 2.26. The van der Waals surface area contributed by atoms with Crippen molar-refractivity contribution in [1.82, 2.24) is 9.21 Å². The molecule has 1 heterocycles. The first-order valence-electron chi connectivity index (χ1n) is 11.6. The number of methoxy groups -OCH3 is 1. The van der Waals surface area contributed by atoms with Crippen molar-refractivity contribution in [3.63, 3.8) is 0 Å². The summed E-state index contributed by atoms with van der Waals surface area (Å²) in [6.07, 6.45) is -0.226. The van der Waals surface area contributed by atoms with Crippen LogP contribution in [0.1, 0.15) is 22.8 Å². The van der Waals surface area contributed by atoms with Crippen molar-refractivity contribution < 1.29 is 17.9 Å². The second kappa shape index (κ2) is 11.9. The summed E-state index contributed by atoms with van der Waals surface area (Å²) < 4.78 is 39.4. The van der Waals surface area contributed by atoms with Gasteiger partial charge in [-0.15, -0.1) is 0 Å². The zero-order chi connectivity index (χ0) is 25.5. The Morgan fingerprint density at radius 2 is 1.72 bits per heavy atom. The Kier molecular flexibility index (Phi) is 8.62. The molecule has 0 amide bonds. The Bertz CT molecular complexity index is 1320. The molecule has 0 aliphatic carbocycles. The Hall–Kier alpha value is -2.93. The fourth-order valence-corrected chi connectivity index (χ4v) is 5.89. The van der Waals surface area contributed by atoms with E-state index in [4.69, 9.17) is 21.1 Å². The number of benzene rings is 3. The fourth-order valence-electron chi connectivity index (χ4n) is 4.20. The van der Waals surface area contributed by atoms with Crippen LogP contribution in [0.3, 0.4) is 0 Å². The number of halogens is 1. The zero-order valence-corrected chi connectivity index (χ0v) is 21.6. The van der Waals surface area contributed by atoms with Crippen LogP contribution in [0.2, 0.25) is 5.02 Å². The summed E-state index contributed by atoms with van der Waals surface area (Å²) >= 11 is 6.10. The maximum absolute atomic E-state index is 13.2. The van der Waals surface area contributed by atoms with Gasteiger partial charge in [0, 0.05) is 37.7 Å². The molecule has 1 saturated heterocycles. The van der Waals surface area contributed by atoms with Crippen molar-refractivity contribution in [2.45, 2.75) is 17.6 Å². The molecule has 0 aromatic heterocycles. The highest BCUT2D eigenvalue weighted by atomic mass is 35.5. The van der Waals surface area contributed by atoms with Gasteiger partial charge in [0.1, 0.15) is 11.8 Å². The van der Waals surface area contributed by atoms with E-state index in [1.165, 1.54) is 16.4 Å². The Morgan fingerprint density at radius 1 is 1.00 bits per heavy atom. The van der Waals surface area contributed by atoms with Gasteiger partial charge < -0.3 is 9.47 Å². The van der Waals surface area contributed by atoms with E-state index in [1.54, 1.807) is 19.2 Å². The topological polar surface area (TPSA) is 82.9 Å². The van der Waals surface area contributed by atoms with Gasteiger partial charge in [0.05, 0.1) is 30.3 Å². The smallest absolute Gasteiger partial charge is 0.244 e.